The van der Waals surface area contributed by atoms with Crippen LogP contribution in [-0.4, -0.2) is 52.3 Å². The SMILES string of the molecule is COC(=O)CCCN1C(=S)NC(c2ccccn2)C1c1cc(C)n(-c2ccccc2C(=O)OC)c1C. The largest absolute Gasteiger partial charge is 0.469 e. The molecule has 1 saturated heterocycles. The Morgan fingerprint density at radius 2 is 1.83 bits per heavy atom. The average molecular weight is 507 g/mol. The zero-order chi connectivity index (χ0) is 25.8. The molecule has 0 bridgehead atoms. The number of ether oxygens (including phenoxy) is 2. The van der Waals surface area contributed by atoms with Gasteiger partial charge in [-0.25, -0.2) is 4.79 Å². The minimum absolute atomic E-state index is 0.157. The summed E-state index contributed by atoms with van der Waals surface area (Å²) in [5.41, 5.74) is 5.15. The Kier molecular flexibility index (Phi) is 7.69. The van der Waals surface area contributed by atoms with E-state index in [0.717, 1.165) is 28.3 Å². The second-order valence-corrected chi connectivity index (χ2v) is 9.06. The molecule has 9 heteroatoms. The molecule has 2 unspecified atom stereocenters. The van der Waals surface area contributed by atoms with Crippen molar-refractivity contribution in [1.82, 2.24) is 19.8 Å². The zero-order valence-corrected chi connectivity index (χ0v) is 21.7. The lowest BCUT2D eigenvalue weighted by atomic mass is 9.96. The Morgan fingerprint density at radius 3 is 2.53 bits per heavy atom. The van der Waals surface area contributed by atoms with Gasteiger partial charge in [-0.2, -0.15) is 0 Å². The molecule has 2 aromatic heterocycles. The van der Waals surface area contributed by atoms with Crippen LogP contribution in [0, 0.1) is 13.8 Å². The lowest BCUT2D eigenvalue weighted by Gasteiger charge is -2.28. The van der Waals surface area contributed by atoms with Crippen molar-refractivity contribution in [2.45, 2.75) is 38.8 Å². The standard InChI is InChI=1S/C27H30N4O4S/c1-17-16-20(18(2)31(17)22-12-6-5-10-19(22)26(33)35-4)25-24(21-11-7-8-14-28-21)29-27(36)30(25)15-9-13-23(32)34-3/h5-8,10-12,14,16,24-25H,9,13,15H2,1-4H3,(H,29,36). The number of benzene rings is 1. The predicted molar refractivity (Wildman–Crippen MR) is 140 cm³/mol. The molecule has 1 aliphatic rings. The average Bonchev–Trinajstić information content (AvgIpc) is 3.38. The van der Waals surface area contributed by atoms with Crippen LogP contribution < -0.4 is 5.32 Å². The van der Waals surface area contributed by atoms with E-state index in [4.69, 9.17) is 21.7 Å². The molecule has 0 aliphatic carbocycles. The van der Waals surface area contributed by atoms with Crippen molar-refractivity contribution in [3.8, 4) is 5.69 Å². The van der Waals surface area contributed by atoms with Crippen LogP contribution in [0.2, 0.25) is 0 Å². The molecule has 0 saturated carbocycles. The maximum Gasteiger partial charge on any atom is 0.339 e. The number of hydrogen-bond acceptors (Lipinski definition) is 6. The third-order valence-electron chi connectivity index (χ3n) is 6.54. The van der Waals surface area contributed by atoms with E-state index in [1.807, 2.05) is 50.2 Å². The fourth-order valence-corrected chi connectivity index (χ4v) is 5.22. The summed E-state index contributed by atoms with van der Waals surface area (Å²) in [6, 6.07) is 15.0. The van der Waals surface area contributed by atoms with Crippen molar-refractivity contribution in [3.63, 3.8) is 0 Å². The number of thiocarbonyl (C=S) groups is 1. The number of nitrogens with one attached hydrogen (secondary N) is 1. The number of aryl methyl sites for hydroxylation is 1. The molecule has 1 aliphatic heterocycles. The van der Waals surface area contributed by atoms with Crippen LogP contribution in [0.4, 0.5) is 0 Å². The second-order valence-electron chi connectivity index (χ2n) is 8.67. The quantitative estimate of drug-likeness (QED) is 0.359. The lowest BCUT2D eigenvalue weighted by molar-refractivity contribution is -0.140. The van der Waals surface area contributed by atoms with E-state index in [9.17, 15) is 9.59 Å². The van der Waals surface area contributed by atoms with Gasteiger partial charge in [0.15, 0.2) is 5.11 Å². The number of carbonyl (C=O) groups excluding carboxylic acids is 2. The summed E-state index contributed by atoms with van der Waals surface area (Å²) in [4.78, 5) is 31.0. The smallest absolute Gasteiger partial charge is 0.339 e. The van der Waals surface area contributed by atoms with Gasteiger partial charge in [-0.1, -0.05) is 18.2 Å². The summed E-state index contributed by atoms with van der Waals surface area (Å²) in [6.45, 7) is 4.64. The molecular formula is C27H30N4O4S. The van der Waals surface area contributed by atoms with Crippen LogP contribution in [0.5, 0.6) is 0 Å². The summed E-state index contributed by atoms with van der Waals surface area (Å²) in [7, 11) is 2.78. The maximum absolute atomic E-state index is 12.5. The van der Waals surface area contributed by atoms with Crippen LogP contribution >= 0.6 is 12.2 Å². The number of esters is 2. The molecule has 2 atom stereocenters. The van der Waals surface area contributed by atoms with E-state index in [-0.39, 0.29) is 24.0 Å². The fourth-order valence-electron chi connectivity index (χ4n) is 4.89. The van der Waals surface area contributed by atoms with E-state index in [0.29, 0.717) is 30.1 Å². The Hall–Kier alpha value is -3.72. The first-order valence-electron chi connectivity index (χ1n) is 11.8. The Morgan fingerprint density at radius 1 is 1.08 bits per heavy atom. The highest BCUT2D eigenvalue weighted by Gasteiger charge is 2.41. The normalized spacial score (nSPS) is 17.1. The first-order valence-corrected chi connectivity index (χ1v) is 12.2. The van der Waals surface area contributed by atoms with Crippen molar-refractivity contribution in [1.29, 1.82) is 0 Å². The molecule has 188 valence electrons. The number of methoxy groups -OCH3 is 2. The monoisotopic (exact) mass is 506 g/mol. The van der Waals surface area contributed by atoms with Gasteiger partial charge in [0.05, 0.1) is 43.2 Å². The number of nitrogens with zero attached hydrogens (tertiary/aromatic N) is 3. The van der Waals surface area contributed by atoms with E-state index < -0.39 is 0 Å². The van der Waals surface area contributed by atoms with Crippen LogP contribution in [0.25, 0.3) is 5.69 Å². The molecule has 0 amide bonds. The molecule has 1 aromatic carbocycles. The van der Waals surface area contributed by atoms with E-state index in [1.165, 1.54) is 14.2 Å². The fraction of sp³-hybridized carbons (Fsp3) is 0.333. The van der Waals surface area contributed by atoms with Crippen molar-refractivity contribution in [3.05, 3.63) is 82.9 Å². The maximum atomic E-state index is 12.5. The molecule has 4 rings (SSSR count). The Bertz CT molecular complexity index is 1270. The van der Waals surface area contributed by atoms with Gasteiger partial charge >= 0.3 is 11.9 Å². The molecule has 1 N–H and O–H groups in total. The third kappa shape index (κ3) is 4.83. The Labute approximate surface area is 216 Å². The summed E-state index contributed by atoms with van der Waals surface area (Å²) in [5, 5.41) is 4.06. The summed E-state index contributed by atoms with van der Waals surface area (Å²) < 4.78 is 11.9. The van der Waals surface area contributed by atoms with Gasteiger partial charge in [-0.15, -0.1) is 0 Å². The molecule has 0 radical (unpaired) electrons. The minimum atomic E-state index is -0.390. The highest BCUT2D eigenvalue weighted by molar-refractivity contribution is 7.80. The number of hydrogen-bond donors (Lipinski definition) is 1. The molecule has 3 heterocycles. The van der Waals surface area contributed by atoms with Crippen molar-refractivity contribution >= 4 is 29.3 Å². The number of carbonyl (C=O) groups is 2. The van der Waals surface area contributed by atoms with Gasteiger partial charge in [0.2, 0.25) is 0 Å². The molecule has 3 aromatic rings. The van der Waals surface area contributed by atoms with Gasteiger partial charge < -0.3 is 24.3 Å². The zero-order valence-electron chi connectivity index (χ0n) is 20.9. The topological polar surface area (TPSA) is 85.7 Å². The van der Waals surface area contributed by atoms with Crippen molar-refractivity contribution in [2.75, 3.05) is 20.8 Å². The molecular weight excluding hydrogens is 476 g/mol. The van der Waals surface area contributed by atoms with E-state index >= 15 is 0 Å². The van der Waals surface area contributed by atoms with Crippen LogP contribution in [-0.2, 0) is 14.3 Å². The summed E-state index contributed by atoms with van der Waals surface area (Å²) >= 11 is 5.75. The van der Waals surface area contributed by atoms with Crippen LogP contribution in [0.3, 0.4) is 0 Å². The number of para-hydroxylation sites is 1. The van der Waals surface area contributed by atoms with Crippen LogP contribution in [0.1, 0.15) is 57.9 Å². The van der Waals surface area contributed by atoms with Gasteiger partial charge in [0, 0.05) is 30.6 Å². The Balaban J connectivity index is 1.79. The van der Waals surface area contributed by atoms with Crippen molar-refractivity contribution in [2.24, 2.45) is 0 Å². The lowest BCUT2D eigenvalue weighted by Crippen LogP contribution is -2.31. The van der Waals surface area contributed by atoms with Gasteiger partial charge in [0.1, 0.15) is 0 Å². The van der Waals surface area contributed by atoms with Gasteiger partial charge in [0.25, 0.3) is 0 Å². The molecule has 1 fully saturated rings. The number of aromatic nitrogens is 2. The van der Waals surface area contributed by atoms with Gasteiger partial charge in [-0.3, -0.25) is 9.78 Å². The first kappa shape index (κ1) is 25.4. The summed E-state index contributed by atoms with van der Waals surface area (Å²) in [6.07, 6.45) is 2.68. The first-order chi connectivity index (χ1) is 17.4. The minimum Gasteiger partial charge on any atom is -0.469 e. The van der Waals surface area contributed by atoms with E-state index in [1.54, 1.807) is 12.3 Å². The number of pyridine rings is 1. The van der Waals surface area contributed by atoms with Crippen LogP contribution in [0.15, 0.2) is 54.7 Å². The van der Waals surface area contributed by atoms with E-state index in [2.05, 4.69) is 25.8 Å². The highest BCUT2D eigenvalue weighted by atomic mass is 32.1. The molecule has 8 nitrogen and oxygen atoms in total. The second kappa shape index (κ2) is 10.9. The highest BCUT2D eigenvalue weighted by Crippen LogP contribution is 2.41. The third-order valence-corrected chi connectivity index (χ3v) is 6.90. The molecule has 36 heavy (non-hydrogen) atoms. The number of rotatable bonds is 8. The van der Waals surface area contributed by atoms with Gasteiger partial charge in [-0.05, 0) is 68.4 Å². The predicted octanol–water partition coefficient (Wildman–Crippen LogP) is 4.20. The van der Waals surface area contributed by atoms with Crippen molar-refractivity contribution < 1.29 is 19.1 Å². The molecule has 0 spiro atoms. The summed E-state index contributed by atoms with van der Waals surface area (Å²) in [5.74, 6) is -0.636.